The molecule has 8 nitrogen and oxygen atoms in total. The summed E-state index contributed by atoms with van der Waals surface area (Å²) in [5, 5.41) is 0.941. The van der Waals surface area contributed by atoms with Gasteiger partial charge < -0.3 is 25.7 Å². The van der Waals surface area contributed by atoms with Gasteiger partial charge >= 0.3 is 0 Å². The van der Waals surface area contributed by atoms with Gasteiger partial charge in [0.15, 0.2) is 17.5 Å². The Balaban J connectivity index is 1.98. The number of ether oxygens (including phenoxy) is 3. The van der Waals surface area contributed by atoms with Gasteiger partial charge in [-0.3, -0.25) is 9.56 Å². The molecular formula is C19H23N5O3. The van der Waals surface area contributed by atoms with Crippen LogP contribution >= 0.6 is 0 Å². The van der Waals surface area contributed by atoms with E-state index in [1.807, 2.05) is 31.3 Å². The van der Waals surface area contributed by atoms with Crippen molar-refractivity contribution < 1.29 is 14.2 Å². The number of nitrogens with zero attached hydrogens (tertiary/aromatic N) is 3. The standard InChI is InChI=1S/C19H23N5O3/c1-3-25-8-9-26-16-12-15-13(5-7-24(15)19(21)22-2)10-17(16)27-14-4-6-23-18(20)11-14/h4-7,10-12H,3,8-9H2,1-2H3,(H2,20,23)(H2,21,22). The second kappa shape index (κ2) is 8.41. The molecule has 1 aromatic carbocycles. The van der Waals surface area contributed by atoms with Crippen molar-refractivity contribution in [2.75, 3.05) is 32.6 Å². The van der Waals surface area contributed by atoms with Gasteiger partial charge in [0.1, 0.15) is 18.2 Å². The molecule has 3 aromatic rings. The number of aromatic nitrogens is 2. The Kier molecular flexibility index (Phi) is 5.77. The molecule has 0 atom stereocenters. The molecule has 3 rings (SSSR count). The summed E-state index contributed by atoms with van der Waals surface area (Å²) in [5.41, 5.74) is 12.6. The van der Waals surface area contributed by atoms with E-state index in [1.165, 1.54) is 0 Å². The average molecular weight is 369 g/mol. The van der Waals surface area contributed by atoms with E-state index in [9.17, 15) is 0 Å². The van der Waals surface area contributed by atoms with Gasteiger partial charge in [0, 0.05) is 43.6 Å². The van der Waals surface area contributed by atoms with E-state index in [-0.39, 0.29) is 0 Å². The van der Waals surface area contributed by atoms with Gasteiger partial charge in [-0.25, -0.2) is 4.98 Å². The van der Waals surface area contributed by atoms with Gasteiger partial charge in [0.2, 0.25) is 0 Å². The summed E-state index contributed by atoms with van der Waals surface area (Å²) in [6.07, 6.45) is 3.44. The summed E-state index contributed by atoms with van der Waals surface area (Å²) in [6, 6.07) is 9.09. The fraction of sp³-hybridized carbons (Fsp3) is 0.263. The molecule has 0 aliphatic heterocycles. The van der Waals surface area contributed by atoms with Gasteiger partial charge in [-0.15, -0.1) is 0 Å². The average Bonchev–Trinajstić information content (AvgIpc) is 3.07. The van der Waals surface area contributed by atoms with Crippen molar-refractivity contribution in [2.24, 2.45) is 10.7 Å². The van der Waals surface area contributed by atoms with E-state index in [4.69, 9.17) is 25.7 Å². The largest absolute Gasteiger partial charge is 0.487 e. The van der Waals surface area contributed by atoms with E-state index in [1.54, 1.807) is 29.9 Å². The number of pyridine rings is 1. The molecule has 0 aliphatic carbocycles. The Morgan fingerprint density at radius 1 is 1.19 bits per heavy atom. The third-order valence-corrected chi connectivity index (χ3v) is 3.90. The van der Waals surface area contributed by atoms with Crippen molar-refractivity contribution in [1.82, 2.24) is 9.55 Å². The molecule has 8 heteroatoms. The van der Waals surface area contributed by atoms with Crippen molar-refractivity contribution in [3.05, 3.63) is 42.7 Å². The van der Waals surface area contributed by atoms with E-state index in [0.717, 1.165) is 10.9 Å². The maximum absolute atomic E-state index is 5.99. The summed E-state index contributed by atoms with van der Waals surface area (Å²) in [7, 11) is 1.64. The summed E-state index contributed by atoms with van der Waals surface area (Å²) in [5.74, 6) is 2.48. The topological polar surface area (TPSA) is 110 Å². The molecule has 0 amide bonds. The third kappa shape index (κ3) is 4.29. The summed E-state index contributed by atoms with van der Waals surface area (Å²) < 4.78 is 19.0. The van der Waals surface area contributed by atoms with Gasteiger partial charge in [-0.2, -0.15) is 0 Å². The fourth-order valence-corrected chi connectivity index (χ4v) is 2.62. The monoisotopic (exact) mass is 369 g/mol. The predicted octanol–water partition coefficient (Wildman–Crippen LogP) is 2.62. The Morgan fingerprint density at radius 2 is 2.04 bits per heavy atom. The first-order chi connectivity index (χ1) is 13.1. The molecule has 0 saturated heterocycles. The van der Waals surface area contributed by atoms with Crippen LogP contribution in [0.15, 0.2) is 47.7 Å². The second-order valence-electron chi connectivity index (χ2n) is 5.69. The number of hydrogen-bond donors (Lipinski definition) is 2. The molecule has 0 aliphatic rings. The molecule has 2 heterocycles. The summed E-state index contributed by atoms with van der Waals surface area (Å²) in [6.45, 7) is 3.45. The lowest BCUT2D eigenvalue weighted by atomic mass is 10.2. The lowest BCUT2D eigenvalue weighted by Gasteiger charge is -2.14. The van der Waals surface area contributed by atoms with Crippen LogP contribution in [0.3, 0.4) is 0 Å². The first-order valence-corrected chi connectivity index (χ1v) is 8.60. The normalized spacial score (nSPS) is 11.7. The molecule has 0 radical (unpaired) electrons. The Bertz CT molecular complexity index is 952. The lowest BCUT2D eigenvalue weighted by molar-refractivity contribution is 0.109. The number of rotatable bonds is 7. The van der Waals surface area contributed by atoms with Crippen LogP contribution < -0.4 is 20.9 Å². The third-order valence-electron chi connectivity index (χ3n) is 3.90. The van der Waals surface area contributed by atoms with Crippen molar-refractivity contribution in [2.45, 2.75) is 6.92 Å². The van der Waals surface area contributed by atoms with Crippen LogP contribution in [0.4, 0.5) is 5.82 Å². The Labute approximate surface area is 157 Å². The Hall–Kier alpha value is -3.26. The van der Waals surface area contributed by atoms with Gasteiger partial charge in [-0.05, 0) is 25.1 Å². The highest BCUT2D eigenvalue weighted by Gasteiger charge is 2.13. The van der Waals surface area contributed by atoms with Gasteiger partial charge in [0.25, 0.3) is 0 Å². The molecule has 142 valence electrons. The maximum atomic E-state index is 5.99. The number of benzene rings is 1. The SMILES string of the molecule is CCOCCOc1cc2c(ccn2C(N)=NC)cc1Oc1ccnc(N)c1. The van der Waals surface area contributed by atoms with E-state index in [2.05, 4.69) is 9.98 Å². The lowest BCUT2D eigenvalue weighted by Crippen LogP contribution is -2.20. The molecule has 0 saturated carbocycles. The van der Waals surface area contributed by atoms with Crippen LogP contribution in [0, 0.1) is 0 Å². The molecular weight excluding hydrogens is 346 g/mol. The van der Waals surface area contributed by atoms with Crippen LogP contribution in [-0.4, -0.2) is 42.4 Å². The quantitative estimate of drug-likeness (QED) is 0.376. The summed E-state index contributed by atoms with van der Waals surface area (Å²) in [4.78, 5) is 8.02. The highest BCUT2D eigenvalue weighted by Crippen LogP contribution is 2.36. The summed E-state index contributed by atoms with van der Waals surface area (Å²) >= 11 is 0. The van der Waals surface area contributed by atoms with Crippen molar-refractivity contribution in [3.63, 3.8) is 0 Å². The maximum Gasteiger partial charge on any atom is 0.199 e. The van der Waals surface area contributed by atoms with Gasteiger partial charge in [-0.1, -0.05) is 0 Å². The molecule has 27 heavy (non-hydrogen) atoms. The minimum absolute atomic E-state index is 0.380. The molecule has 0 bridgehead atoms. The highest BCUT2D eigenvalue weighted by atomic mass is 16.5. The van der Waals surface area contributed by atoms with Crippen LogP contribution in [0.25, 0.3) is 10.9 Å². The number of nitrogens with two attached hydrogens (primary N) is 2. The first kappa shape index (κ1) is 18.5. The molecule has 4 N–H and O–H groups in total. The van der Waals surface area contributed by atoms with Gasteiger partial charge in [0.05, 0.1) is 12.1 Å². The number of hydrogen-bond acceptors (Lipinski definition) is 6. The van der Waals surface area contributed by atoms with Crippen LogP contribution in [0.5, 0.6) is 17.2 Å². The second-order valence-corrected chi connectivity index (χ2v) is 5.69. The molecule has 0 unspecified atom stereocenters. The number of anilines is 1. The van der Waals surface area contributed by atoms with Crippen molar-refractivity contribution in [3.8, 4) is 17.2 Å². The number of nitrogen functional groups attached to an aromatic ring is 1. The minimum Gasteiger partial charge on any atom is -0.487 e. The van der Waals surface area contributed by atoms with Crippen molar-refractivity contribution >= 4 is 22.7 Å². The predicted molar refractivity (Wildman–Crippen MR) is 106 cm³/mol. The molecule has 2 aromatic heterocycles. The van der Waals surface area contributed by atoms with E-state index < -0.39 is 0 Å². The number of aliphatic imine (C=N–C) groups is 1. The molecule has 0 fully saturated rings. The zero-order chi connectivity index (χ0) is 19.2. The highest BCUT2D eigenvalue weighted by molar-refractivity contribution is 5.94. The zero-order valence-corrected chi connectivity index (χ0v) is 15.4. The Morgan fingerprint density at radius 3 is 2.78 bits per heavy atom. The van der Waals surface area contributed by atoms with Crippen LogP contribution in [-0.2, 0) is 4.74 Å². The smallest absolute Gasteiger partial charge is 0.199 e. The van der Waals surface area contributed by atoms with E-state index in [0.29, 0.717) is 48.8 Å². The van der Waals surface area contributed by atoms with Crippen molar-refractivity contribution in [1.29, 1.82) is 0 Å². The van der Waals surface area contributed by atoms with E-state index >= 15 is 0 Å². The van der Waals surface area contributed by atoms with Crippen LogP contribution in [0.2, 0.25) is 0 Å². The zero-order valence-electron chi connectivity index (χ0n) is 15.4. The molecule has 0 spiro atoms. The minimum atomic E-state index is 0.380. The number of fused-ring (bicyclic) bond motifs is 1. The van der Waals surface area contributed by atoms with Crippen LogP contribution in [0.1, 0.15) is 6.92 Å². The fourth-order valence-electron chi connectivity index (χ4n) is 2.62. The first-order valence-electron chi connectivity index (χ1n) is 8.60.